The standard InChI is InChI=1S/C26H30N4O6/c1-5-30(12-13-32-3)15-22-23(35-25(27-22)18-6-8-19(33-4)9-7-18)16-34-20-10-11-21(17(2)14-20)24-28-26(31)36-29-24/h6-11,14H,5,12-13,15-16H2,1-4H3,(H,28,29,31). The fourth-order valence-electron chi connectivity index (χ4n) is 3.74. The first-order chi connectivity index (χ1) is 17.5. The smallest absolute Gasteiger partial charge is 0.439 e. The summed E-state index contributed by atoms with van der Waals surface area (Å²) in [6.07, 6.45) is 0. The van der Waals surface area contributed by atoms with E-state index in [4.69, 9.17) is 23.6 Å². The second kappa shape index (κ2) is 11.7. The largest absolute Gasteiger partial charge is 0.497 e. The number of aryl methyl sites for hydroxylation is 1. The van der Waals surface area contributed by atoms with E-state index in [1.807, 2.05) is 49.4 Å². The second-order valence-electron chi connectivity index (χ2n) is 8.19. The third-order valence-electron chi connectivity index (χ3n) is 5.81. The van der Waals surface area contributed by atoms with Crippen LogP contribution in [0.15, 0.2) is 56.2 Å². The molecule has 0 aliphatic carbocycles. The van der Waals surface area contributed by atoms with E-state index in [1.165, 1.54) is 0 Å². The van der Waals surface area contributed by atoms with Crippen molar-refractivity contribution >= 4 is 0 Å². The van der Waals surface area contributed by atoms with E-state index in [1.54, 1.807) is 14.2 Å². The highest BCUT2D eigenvalue weighted by atomic mass is 16.5. The lowest BCUT2D eigenvalue weighted by molar-refractivity contribution is 0.146. The van der Waals surface area contributed by atoms with Gasteiger partial charge in [-0.25, -0.2) is 9.78 Å². The van der Waals surface area contributed by atoms with Gasteiger partial charge in [0, 0.05) is 31.3 Å². The monoisotopic (exact) mass is 494 g/mol. The molecule has 0 saturated carbocycles. The van der Waals surface area contributed by atoms with Crippen molar-refractivity contribution in [1.29, 1.82) is 0 Å². The normalized spacial score (nSPS) is 11.2. The number of oxazole rings is 1. The topological polar surface area (TPSA) is 116 Å². The van der Waals surface area contributed by atoms with Gasteiger partial charge in [-0.2, -0.15) is 0 Å². The molecule has 0 bridgehead atoms. The minimum absolute atomic E-state index is 0.208. The molecule has 36 heavy (non-hydrogen) atoms. The molecule has 2 aromatic carbocycles. The third-order valence-corrected chi connectivity index (χ3v) is 5.81. The van der Waals surface area contributed by atoms with Gasteiger partial charge in [0.25, 0.3) is 0 Å². The fourth-order valence-corrected chi connectivity index (χ4v) is 3.74. The average Bonchev–Trinajstić information content (AvgIpc) is 3.51. The predicted octanol–water partition coefficient (Wildman–Crippen LogP) is 4.05. The summed E-state index contributed by atoms with van der Waals surface area (Å²) in [6, 6.07) is 13.1. The van der Waals surface area contributed by atoms with Gasteiger partial charge in [0.15, 0.2) is 11.6 Å². The molecule has 0 aliphatic heterocycles. The van der Waals surface area contributed by atoms with Crippen LogP contribution in [0.1, 0.15) is 23.9 Å². The zero-order valence-electron chi connectivity index (χ0n) is 20.9. The van der Waals surface area contributed by atoms with Crippen LogP contribution in [0.5, 0.6) is 11.5 Å². The van der Waals surface area contributed by atoms with Crippen LogP contribution < -0.4 is 15.2 Å². The predicted molar refractivity (Wildman–Crippen MR) is 133 cm³/mol. The number of ether oxygens (including phenoxy) is 3. The van der Waals surface area contributed by atoms with Crippen molar-refractivity contribution in [3.63, 3.8) is 0 Å². The Bertz CT molecular complexity index is 1320. The van der Waals surface area contributed by atoms with Crippen molar-refractivity contribution in [1.82, 2.24) is 20.0 Å². The van der Waals surface area contributed by atoms with Gasteiger partial charge in [-0.15, -0.1) is 0 Å². The SMILES string of the molecule is CCN(CCOC)Cc1nc(-c2ccc(OC)cc2)oc1COc1ccc(-c2noc(=O)[nH]2)c(C)c1. The summed E-state index contributed by atoms with van der Waals surface area (Å²) < 4.78 is 27.4. The van der Waals surface area contributed by atoms with Gasteiger partial charge < -0.3 is 18.6 Å². The van der Waals surface area contributed by atoms with E-state index >= 15 is 0 Å². The summed E-state index contributed by atoms with van der Waals surface area (Å²) in [5.41, 5.74) is 3.30. The maximum absolute atomic E-state index is 11.3. The summed E-state index contributed by atoms with van der Waals surface area (Å²) in [6.45, 7) is 7.08. The van der Waals surface area contributed by atoms with Gasteiger partial charge >= 0.3 is 5.76 Å². The molecule has 1 N–H and O–H groups in total. The van der Waals surface area contributed by atoms with Crippen molar-refractivity contribution in [2.24, 2.45) is 0 Å². The molecule has 4 aromatic rings. The number of rotatable bonds is 12. The Morgan fingerprint density at radius 2 is 1.86 bits per heavy atom. The van der Waals surface area contributed by atoms with E-state index in [0.29, 0.717) is 36.4 Å². The summed E-state index contributed by atoms with van der Waals surface area (Å²) >= 11 is 0. The zero-order valence-corrected chi connectivity index (χ0v) is 20.9. The van der Waals surface area contributed by atoms with E-state index in [2.05, 4.69) is 26.5 Å². The van der Waals surface area contributed by atoms with Gasteiger partial charge in [0.2, 0.25) is 5.89 Å². The van der Waals surface area contributed by atoms with E-state index in [9.17, 15) is 4.79 Å². The number of nitrogens with one attached hydrogen (secondary N) is 1. The number of hydrogen-bond donors (Lipinski definition) is 1. The van der Waals surface area contributed by atoms with Crippen molar-refractivity contribution < 1.29 is 23.2 Å². The Labute approximate surface area is 208 Å². The highest BCUT2D eigenvalue weighted by Gasteiger charge is 2.18. The number of benzene rings is 2. The summed E-state index contributed by atoms with van der Waals surface area (Å²) in [7, 11) is 3.32. The molecule has 0 spiro atoms. The van der Waals surface area contributed by atoms with Crippen molar-refractivity contribution in [2.75, 3.05) is 33.9 Å². The average molecular weight is 495 g/mol. The number of aromatic nitrogens is 3. The van der Waals surface area contributed by atoms with Gasteiger partial charge in [0.1, 0.15) is 23.8 Å². The molecule has 0 fully saturated rings. The van der Waals surface area contributed by atoms with E-state index in [-0.39, 0.29) is 6.61 Å². The van der Waals surface area contributed by atoms with Crippen LogP contribution in [0.3, 0.4) is 0 Å². The van der Waals surface area contributed by atoms with Crippen LogP contribution >= 0.6 is 0 Å². The first kappa shape index (κ1) is 25.2. The van der Waals surface area contributed by atoms with Crippen LogP contribution in [-0.2, 0) is 17.9 Å². The third kappa shape index (κ3) is 6.02. The number of nitrogens with zero attached hydrogens (tertiary/aromatic N) is 3. The number of likely N-dealkylation sites (N-methyl/N-ethyl adjacent to an activating group) is 1. The van der Waals surface area contributed by atoms with Crippen molar-refractivity contribution in [3.05, 3.63) is 70.0 Å². The Kier molecular flexibility index (Phi) is 8.19. The lowest BCUT2D eigenvalue weighted by atomic mass is 10.1. The summed E-state index contributed by atoms with van der Waals surface area (Å²) in [4.78, 5) is 20.9. The molecule has 0 saturated heterocycles. The zero-order chi connectivity index (χ0) is 25.5. The van der Waals surface area contributed by atoms with Crippen molar-refractivity contribution in [2.45, 2.75) is 27.0 Å². The Morgan fingerprint density at radius 3 is 2.50 bits per heavy atom. The first-order valence-corrected chi connectivity index (χ1v) is 11.6. The number of methoxy groups -OCH3 is 2. The highest BCUT2D eigenvalue weighted by Crippen LogP contribution is 2.28. The molecule has 4 rings (SSSR count). The van der Waals surface area contributed by atoms with Gasteiger partial charge in [-0.1, -0.05) is 12.1 Å². The van der Waals surface area contributed by atoms with Crippen LogP contribution in [0.2, 0.25) is 0 Å². The number of hydrogen-bond acceptors (Lipinski definition) is 9. The second-order valence-corrected chi connectivity index (χ2v) is 8.19. The lowest BCUT2D eigenvalue weighted by Crippen LogP contribution is -2.27. The molecule has 0 aliphatic rings. The fraction of sp³-hybridized carbons (Fsp3) is 0.346. The molecule has 10 nitrogen and oxygen atoms in total. The molecular weight excluding hydrogens is 464 g/mol. The molecule has 2 heterocycles. The molecule has 0 atom stereocenters. The number of H-pyrrole nitrogens is 1. The Balaban J connectivity index is 1.56. The molecule has 0 radical (unpaired) electrons. The molecular formula is C26H30N4O6. The number of aromatic amines is 1. The molecule has 190 valence electrons. The van der Waals surface area contributed by atoms with Crippen LogP contribution in [-0.4, -0.2) is 53.9 Å². The summed E-state index contributed by atoms with van der Waals surface area (Å²) in [5, 5.41) is 3.75. The highest BCUT2D eigenvalue weighted by molar-refractivity contribution is 5.60. The lowest BCUT2D eigenvalue weighted by Gasteiger charge is -2.19. The van der Waals surface area contributed by atoms with Crippen LogP contribution in [0.25, 0.3) is 22.8 Å². The summed E-state index contributed by atoms with van der Waals surface area (Å²) in [5.74, 6) is 2.37. The minimum Gasteiger partial charge on any atom is -0.497 e. The van der Waals surface area contributed by atoms with Crippen LogP contribution in [0, 0.1) is 6.92 Å². The van der Waals surface area contributed by atoms with E-state index in [0.717, 1.165) is 41.2 Å². The maximum Gasteiger partial charge on any atom is 0.439 e. The van der Waals surface area contributed by atoms with Crippen LogP contribution in [0.4, 0.5) is 0 Å². The Hall–Kier alpha value is -3.89. The van der Waals surface area contributed by atoms with Gasteiger partial charge in [-0.05, 0) is 61.5 Å². The van der Waals surface area contributed by atoms with E-state index < -0.39 is 5.76 Å². The quantitative estimate of drug-likeness (QED) is 0.311. The minimum atomic E-state index is -0.595. The maximum atomic E-state index is 11.3. The van der Waals surface area contributed by atoms with Crippen molar-refractivity contribution in [3.8, 4) is 34.3 Å². The molecule has 10 heteroatoms. The molecule has 0 unspecified atom stereocenters. The first-order valence-electron chi connectivity index (χ1n) is 11.6. The molecule has 0 amide bonds. The van der Waals surface area contributed by atoms with Gasteiger partial charge in [-0.3, -0.25) is 14.4 Å². The molecule has 2 aromatic heterocycles. The van der Waals surface area contributed by atoms with Gasteiger partial charge in [0.05, 0.1) is 13.7 Å². The Morgan fingerprint density at radius 1 is 1.08 bits per heavy atom.